The van der Waals surface area contributed by atoms with E-state index in [-0.39, 0.29) is 24.3 Å². The van der Waals surface area contributed by atoms with Gasteiger partial charge in [-0.25, -0.2) is 4.68 Å². The van der Waals surface area contributed by atoms with Crippen LogP contribution in [0.3, 0.4) is 0 Å². The van der Waals surface area contributed by atoms with Crippen molar-refractivity contribution >= 4 is 11.8 Å². The van der Waals surface area contributed by atoms with Crippen molar-refractivity contribution in [2.45, 2.75) is 25.8 Å². The van der Waals surface area contributed by atoms with E-state index in [9.17, 15) is 14.7 Å². The van der Waals surface area contributed by atoms with Crippen LogP contribution in [0.4, 0.5) is 0 Å². The van der Waals surface area contributed by atoms with Gasteiger partial charge in [0.15, 0.2) is 0 Å². The van der Waals surface area contributed by atoms with E-state index in [1.54, 1.807) is 12.4 Å². The molecule has 2 atom stereocenters. The predicted octanol–water partition coefficient (Wildman–Crippen LogP) is -0.630. The van der Waals surface area contributed by atoms with Gasteiger partial charge in [0, 0.05) is 62.7 Å². The second kappa shape index (κ2) is 8.24. The van der Waals surface area contributed by atoms with E-state index >= 15 is 0 Å². The van der Waals surface area contributed by atoms with Crippen LogP contribution in [-0.2, 0) is 22.6 Å². The summed E-state index contributed by atoms with van der Waals surface area (Å²) in [5.41, 5.74) is 0.616. The molecule has 0 bridgehead atoms. The SMILES string of the molecule is O=C(CCc1cccnc1)N1CC2CN(C(=O)CCn3cnnn3)CC2(CO)C1. The lowest BCUT2D eigenvalue weighted by atomic mass is 9.82. The van der Waals surface area contributed by atoms with Crippen molar-refractivity contribution in [1.82, 2.24) is 35.0 Å². The van der Waals surface area contributed by atoms with E-state index in [1.807, 2.05) is 21.9 Å². The molecule has 0 spiro atoms. The second-order valence-electron chi connectivity index (χ2n) is 7.95. The zero-order chi connectivity index (χ0) is 20.3. The molecule has 29 heavy (non-hydrogen) atoms. The molecule has 154 valence electrons. The average molecular weight is 399 g/mol. The van der Waals surface area contributed by atoms with Crippen molar-refractivity contribution in [3.63, 3.8) is 0 Å². The van der Waals surface area contributed by atoms with E-state index in [4.69, 9.17) is 0 Å². The molecule has 2 aromatic heterocycles. The van der Waals surface area contributed by atoms with Crippen LogP contribution in [0.5, 0.6) is 0 Å². The minimum absolute atomic E-state index is 0.0252. The van der Waals surface area contributed by atoms with Gasteiger partial charge in [0.05, 0.1) is 13.2 Å². The number of likely N-dealkylation sites (tertiary alicyclic amines) is 2. The molecule has 2 amide bonds. The first-order valence-electron chi connectivity index (χ1n) is 9.86. The number of aliphatic hydroxyl groups excluding tert-OH is 1. The first-order chi connectivity index (χ1) is 14.1. The molecule has 2 aliphatic rings. The minimum atomic E-state index is -0.422. The summed E-state index contributed by atoms with van der Waals surface area (Å²) in [6.45, 7) is 2.54. The number of aryl methyl sites for hydroxylation is 2. The minimum Gasteiger partial charge on any atom is -0.396 e. The molecule has 10 heteroatoms. The Morgan fingerprint density at radius 2 is 1.93 bits per heavy atom. The standard InChI is InChI=1S/C19H25N7O3/c27-13-19-11-24(17(28)4-3-15-2-1-6-20-8-15)9-16(19)10-25(12-19)18(29)5-7-26-14-21-22-23-26/h1-2,6,8,14,16,27H,3-5,7,9-13H2. The molecule has 0 aliphatic carbocycles. The molecule has 0 saturated carbocycles. The monoisotopic (exact) mass is 399 g/mol. The Labute approximate surface area is 168 Å². The van der Waals surface area contributed by atoms with Crippen LogP contribution in [0.25, 0.3) is 0 Å². The van der Waals surface area contributed by atoms with Gasteiger partial charge in [-0.2, -0.15) is 0 Å². The van der Waals surface area contributed by atoms with E-state index in [0.29, 0.717) is 52.0 Å². The number of nitrogens with zero attached hydrogens (tertiary/aromatic N) is 7. The van der Waals surface area contributed by atoms with E-state index in [2.05, 4.69) is 20.5 Å². The van der Waals surface area contributed by atoms with Crippen molar-refractivity contribution in [2.75, 3.05) is 32.8 Å². The lowest BCUT2D eigenvalue weighted by Gasteiger charge is -2.27. The third-order valence-electron chi connectivity index (χ3n) is 6.08. The van der Waals surface area contributed by atoms with Crippen molar-refractivity contribution in [2.24, 2.45) is 11.3 Å². The molecular weight excluding hydrogens is 374 g/mol. The van der Waals surface area contributed by atoms with Gasteiger partial charge in [0.2, 0.25) is 11.8 Å². The number of aromatic nitrogens is 5. The second-order valence-corrected chi connectivity index (χ2v) is 7.95. The molecule has 2 unspecified atom stereocenters. The molecule has 10 nitrogen and oxygen atoms in total. The van der Waals surface area contributed by atoms with E-state index in [1.165, 1.54) is 11.0 Å². The number of hydrogen-bond acceptors (Lipinski definition) is 7. The van der Waals surface area contributed by atoms with Crippen molar-refractivity contribution in [3.8, 4) is 0 Å². The number of hydrogen-bond donors (Lipinski definition) is 1. The van der Waals surface area contributed by atoms with Crippen LogP contribution in [0.2, 0.25) is 0 Å². The summed E-state index contributed by atoms with van der Waals surface area (Å²) in [4.78, 5) is 33.0. The topological polar surface area (TPSA) is 117 Å². The molecule has 0 radical (unpaired) electrons. The summed E-state index contributed by atoms with van der Waals surface area (Å²) in [5.74, 6) is 0.219. The fourth-order valence-corrected chi connectivity index (χ4v) is 4.39. The molecular formula is C19H25N7O3. The van der Waals surface area contributed by atoms with Gasteiger partial charge in [0.25, 0.3) is 0 Å². The van der Waals surface area contributed by atoms with Crippen LogP contribution in [0.15, 0.2) is 30.9 Å². The lowest BCUT2D eigenvalue weighted by Crippen LogP contribution is -2.40. The summed E-state index contributed by atoms with van der Waals surface area (Å²) in [6.07, 6.45) is 6.37. The molecule has 0 aromatic carbocycles. The Morgan fingerprint density at radius 1 is 1.17 bits per heavy atom. The highest BCUT2D eigenvalue weighted by Gasteiger charge is 2.53. The Hall–Kier alpha value is -2.88. The number of carbonyl (C=O) groups excluding carboxylic acids is 2. The number of carbonyl (C=O) groups is 2. The maximum Gasteiger partial charge on any atom is 0.224 e. The van der Waals surface area contributed by atoms with Gasteiger partial charge in [-0.05, 0) is 28.5 Å². The number of amides is 2. The Kier molecular flexibility index (Phi) is 5.52. The van der Waals surface area contributed by atoms with Crippen molar-refractivity contribution in [3.05, 3.63) is 36.4 Å². The number of aliphatic hydroxyl groups is 1. The Bertz CT molecular complexity index is 845. The lowest BCUT2D eigenvalue weighted by molar-refractivity contribution is -0.132. The average Bonchev–Trinajstić information content (AvgIpc) is 3.45. The van der Waals surface area contributed by atoms with Gasteiger partial charge in [0.1, 0.15) is 6.33 Å². The molecule has 4 heterocycles. The van der Waals surface area contributed by atoms with E-state index in [0.717, 1.165) is 5.56 Å². The van der Waals surface area contributed by atoms with Crippen LogP contribution < -0.4 is 0 Å². The fraction of sp³-hybridized carbons (Fsp3) is 0.579. The number of rotatable bonds is 7. The third kappa shape index (κ3) is 4.12. The molecule has 2 fully saturated rings. The van der Waals surface area contributed by atoms with Crippen molar-refractivity contribution < 1.29 is 14.7 Å². The third-order valence-corrected chi connectivity index (χ3v) is 6.08. The zero-order valence-electron chi connectivity index (χ0n) is 16.2. The molecule has 4 rings (SSSR count). The van der Waals surface area contributed by atoms with Crippen LogP contribution >= 0.6 is 0 Å². The molecule has 2 aliphatic heterocycles. The van der Waals surface area contributed by atoms with Crippen molar-refractivity contribution in [1.29, 1.82) is 0 Å². The summed E-state index contributed by atoms with van der Waals surface area (Å²) < 4.78 is 1.53. The smallest absolute Gasteiger partial charge is 0.224 e. The molecule has 1 N–H and O–H groups in total. The molecule has 2 aromatic rings. The summed E-state index contributed by atoms with van der Waals surface area (Å²) >= 11 is 0. The van der Waals surface area contributed by atoms with Gasteiger partial charge >= 0.3 is 0 Å². The van der Waals surface area contributed by atoms with Gasteiger partial charge < -0.3 is 14.9 Å². The summed E-state index contributed by atoms with van der Waals surface area (Å²) in [6, 6.07) is 3.83. The summed E-state index contributed by atoms with van der Waals surface area (Å²) in [7, 11) is 0. The predicted molar refractivity (Wildman–Crippen MR) is 101 cm³/mol. The van der Waals surface area contributed by atoms with Crippen LogP contribution in [0.1, 0.15) is 18.4 Å². The quantitative estimate of drug-likeness (QED) is 0.659. The highest BCUT2D eigenvalue weighted by molar-refractivity contribution is 5.78. The van der Waals surface area contributed by atoms with Crippen LogP contribution in [-0.4, -0.2) is 84.7 Å². The largest absolute Gasteiger partial charge is 0.396 e. The van der Waals surface area contributed by atoms with Gasteiger partial charge in [-0.15, -0.1) is 5.10 Å². The van der Waals surface area contributed by atoms with Gasteiger partial charge in [-0.1, -0.05) is 6.07 Å². The maximum absolute atomic E-state index is 12.7. The Morgan fingerprint density at radius 3 is 2.52 bits per heavy atom. The van der Waals surface area contributed by atoms with Gasteiger partial charge in [-0.3, -0.25) is 14.6 Å². The van der Waals surface area contributed by atoms with Crippen LogP contribution in [0, 0.1) is 11.3 Å². The number of tetrazole rings is 1. The van der Waals surface area contributed by atoms with E-state index < -0.39 is 5.41 Å². The number of fused-ring (bicyclic) bond motifs is 1. The normalized spacial score (nSPS) is 23.4. The first-order valence-corrected chi connectivity index (χ1v) is 9.86. The fourth-order valence-electron chi connectivity index (χ4n) is 4.39. The Balaban J connectivity index is 1.30. The number of pyridine rings is 1. The summed E-state index contributed by atoms with van der Waals surface area (Å²) in [5, 5.41) is 21.0. The zero-order valence-corrected chi connectivity index (χ0v) is 16.2. The maximum atomic E-state index is 12.7. The highest BCUT2D eigenvalue weighted by Crippen LogP contribution is 2.42. The molecule has 2 saturated heterocycles. The first kappa shape index (κ1) is 19.4. The highest BCUT2D eigenvalue weighted by atomic mass is 16.3.